The second-order valence-electron chi connectivity index (χ2n) is 6.96. The van der Waals surface area contributed by atoms with Crippen molar-refractivity contribution in [3.8, 4) is 0 Å². The molecule has 1 fully saturated rings. The van der Waals surface area contributed by atoms with Gasteiger partial charge in [-0.05, 0) is 30.2 Å². The van der Waals surface area contributed by atoms with Crippen molar-refractivity contribution < 1.29 is 9.59 Å². The summed E-state index contributed by atoms with van der Waals surface area (Å²) in [5, 5.41) is 8.93. The molecule has 1 saturated heterocycles. The Kier molecular flexibility index (Phi) is 6.97. The number of rotatable bonds is 8. The van der Waals surface area contributed by atoms with Crippen molar-refractivity contribution in [2.45, 2.75) is 25.9 Å². The highest BCUT2D eigenvalue weighted by Crippen LogP contribution is 2.13. The van der Waals surface area contributed by atoms with Crippen molar-refractivity contribution in [3.05, 3.63) is 59.8 Å². The first-order valence-corrected chi connectivity index (χ1v) is 9.61. The van der Waals surface area contributed by atoms with Crippen molar-refractivity contribution >= 4 is 17.6 Å². The topological polar surface area (TPSA) is 86.4 Å². The van der Waals surface area contributed by atoms with Crippen molar-refractivity contribution in [2.75, 3.05) is 31.5 Å². The van der Waals surface area contributed by atoms with Gasteiger partial charge in [0.05, 0.1) is 12.5 Å². The van der Waals surface area contributed by atoms with Crippen LogP contribution in [0.2, 0.25) is 0 Å². The van der Waals surface area contributed by atoms with Crippen LogP contribution < -0.4 is 16.0 Å². The Hall–Kier alpha value is -2.93. The maximum absolute atomic E-state index is 12.4. The number of carbonyl (C=O) groups excluding carboxylic acids is 2. The molecule has 1 aliphatic heterocycles. The van der Waals surface area contributed by atoms with Gasteiger partial charge < -0.3 is 16.0 Å². The van der Waals surface area contributed by atoms with Crippen LogP contribution in [0, 0.1) is 6.92 Å². The molecule has 2 aromatic rings. The van der Waals surface area contributed by atoms with E-state index in [0.717, 1.165) is 23.5 Å². The van der Waals surface area contributed by atoms with E-state index in [4.69, 9.17) is 0 Å². The normalized spacial score (nSPS) is 17.0. The molecule has 7 heteroatoms. The SMILES string of the molecule is Cc1ccnc(NCCNC(=O)C[C@H]2C(=O)NCCN2Cc2ccccc2)c1. The maximum atomic E-state index is 12.4. The van der Waals surface area contributed by atoms with Gasteiger partial charge in [-0.15, -0.1) is 0 Å². The average Bonchev–Trinajstić information content (AvgIpc) is 2.69. The summed E-state index contributed by atoms with van der Waals surface area (Å²) in [5.74, 6) is 0.577. The number of nitrogens with zero attached hydrogens (tertiary/aromatic N) is 2. The number of aryl methyl sites for hydroxylation is 1. The Morgan fingerprint density at radius 1 is 1.25 bits per heavy atom. The highest BCUT2D eigenvalue weighted by atomic mass is 16.2. The molecule has 3 rings (SSSR count). The third-order valence-corrected chi connectivity index (χ3v) is 4.72. The quantitative estimate of drug-likeness (QED) is 0.600. The number of carbonyl (C=O) groups is 2. The van der Waals surface area contributed by atoms with Gasteiger partial charge >= 0.3 is 0 Å². The van der Waals surface area contributed by atoms with Crippen LogP contribution in [0.5, 0.6) is 0 Å². The lowest BCUT2D eigenvalue weighted by Crippen LogP contribution is -2.56. The molecule has 7 nitrogen and oxygen atoms in total. The fourth-order valence-corrected chi connectivity index (χ4v) is 3.26. The van der Waals surface area contributed by atoms with Gasteiger partial charge in [-0.1, -0.05) is 30.3 Å². The lowest BCUT2D eigenvalue weighted by atomic mass is 10.1. The number of anilines is 1. The van der Waals surface area contributed by atoms with Gasteiger partial charge in [0.1, 0.15) is 5.82 Å². The largest absolute Gasteiger partial charge is 0.368 e. The molecule has 28 heavy (non-hydrogen) atoms. The van der Waals surface area contributed by atoms with Crippen molar-refractivity contribution in [1.29, 1.82) is 0 Å². The second-order valence-corrected chi connectivity index (χ2v) is 6.96. The lowest BCUT2D eigenvalue weighted by Gasteiger charge is -2.34. The van der Waals surface area contributed by atoms with E-state index in [0.29, 0.717) is 26.2 Å². The van der Waals surface area contributed by atoms with Gasteiger partial charge in [-0.25, -0.2) is 4.98 Å². The van der Waals surface area contributed by atoms with Gasteiger partial charge in [0.15, 0.2) is 0 Å². The molecule has 2 heterocycles. The molecular formula is C21H27N5O2. The predicted octanol–water partition coefficient (Wildman–Crippen LogP) is 1.31. The van der Waals surface area contributed by atoms with E-state index in [2.05, 4.69) is 25.8 Å². The third kappa shape index (κ3) is 5.79. The van der Waals surface area contributed by atoms with E-state index in [-0.39, 0.29) is 18.2 Å². The fourth-order valence-electron chi connectivity index (χ4n) is 3.26. The van der Waals surface area contributed by atoms with Gasteiger partial charge in [0, 0.05) is 38.9 Å². The molecule has 0 spiro atoms. The smallest absolute Gasteiger partial charge is 0.237 e. The minimum Gasteiger partial charge on any atom is -0.368 e. The van der Waals surface area contributed by atoms with E-state index < -0.39 is 6.04 Å². The predicted molar refractivity (Wildman–Crippen MR) is 109 cm³/mol. The van der Waals surface area contributed by atoms with Crippen LogP contribution in [-0.4, -0.2) is 53.9 Å². The van der Waals surface area contributed by atoms with Gasteiger partial charge in [-0.3, -0.25) is 14.5 Å². The first-order valence-electron chi connectivity index (χ1n) is 9.61. The zero-order valence-corrected chi connectivity index (χ0v) is 16.1. The minimum atomic E-state index is -0.444. The molecule has 0 bridgehead atoms. The molecule has 0 unspecified atom stereocenters. The highest BCUT2D eigenvalue weighted by Gasteiger charge is 2.31. The second kappa shape index (κ2) is 9.85. The Labute approximate surface area is 165 Å². The first-order chi connectivity index (χ1) is 13.6. The fraction of sp³-hybridized carbons (Fsp3) is 0.381. The molecule has 1 aliphatic rings. The monoisotopic (exact) mass is 381 g/mol. The summed E-state index contributed by atoms with van der Waals surface area (Å²) in [6.07, 6.45) is 1.90. The Morgan fingerprint density at radius 2 is 2.07 bits per heavy atom. The molecule has 0 radical (unpaired) electrons. The van der Waals surface area contributed by atoms with Crippen LogP contribution in [0.3, 0.4) is 0 Å². The van der Waals surface area contributed by atoms with Gasteiger partial charge in [-0.2, -0.15) is 0 Å². The van der Waals surface area contributed by atoms with Crippen LogP contribution in [0.15, 0.2) is 48.7 Å². The summed E-state index contributed by atoms with van der Waals surface area (Å²) in [7, 11) is 0. The molecule has 3 N–H and O–H groups in total. The minimum absolute atomic E-state index is 0.0839. The van der Waals surface area contributed by atoms with Crippen LogP contribution in [0.25, 0.3) is 0 Å². The Bertz CT molecular complexity index is 796. The van der Waals surface area contributed by atoms with Crippen LogP contribution >= 0.6 is 0 Å². The zero-order valence-electron chi connectivity index (χ0n) is 16.1. The van der Waals surface area contributed by atoms with Gasteiger partial charge in [0.2, 0.25) is 11.8 Å². The molecule has 148 valence electrons. The Morgan fingerprint density at radius 3 is 2.86 bits per heavy atom. The zero-order chi connectivity index (χ0) is 19.8. The van der Waals surface area contributed by atoms with E-state index in [1.165, 1.54) is 0 Å². The van der Waals surface area contributed by atoms with Crippen molar-refractivity contribution in [2.24, 2.45) is 0 Å². The molecule has 2 amide bonds. The number of aromatic nitrogens is 1. The summed E-state index contributed by atoms with van der Waals surface area (Å²) in [4.78, 5) is 31.0. The summed E-state index contributed by atoms with van der Waals surface area (Å²) >= 11 is 0. The summed E-state index contributed by atoms with van der Waals surface area (Å²) in [6.45, 7) is 5.06. The summed E-state index contributed by atoms with van der Waals surface area (Å²) < 4.78 is 0. The number of piperazine rings is 1. The number of hydrogen-bond acceptors (Lipinski definition) is 5. The number of benzene rings is 1. The molecule has 0 saturated carbocycles. The van der Waals surface area contributed by atoms with E-state index in [1.54, 1.807) is 6.20 Å². The number of pyridine rings is 1. The molecule has 1 aromatic carbocycles. The third-order valence-electron chi connectivity index (χ3n) is 4.72. The van der Waals surface area contributed by atoms with Crippen molar-refractivity contribution in [1.82, 2.24) is 20.5 Å². The van der Waals surface area contributed by atoms with Crippen molar-refractivity contribution in [3.63, 3.8) is 0 Å². The summed E-state index contributed by atoms with van der Waals surface area (Å²) in [5.41, 5.74) is 2.26. The van der Waals surface area contributed by atoms with E-state index in [1.807, 2.05) is 49.4 Å². The number of nitrogens with one attached hydrogen (secondary N) is 3. The number of hydrogen-bond donors (Lipinski definition) is 3. The van der Waals surface area contributed by atoms with Crippen LogP contribution in [0.4, 0.5) is 5.82 Å². The lowest BCUT2D eigenvalue weighted by molar-refractivity contribution is -0.134. The molecular weight excluding hydrogens is 354 g/mol. The molecule has 1 aromatic heterocycles. The maximum Gasteiger partial charge on any atom is 0.237 e. The van der Waals surface area contributed by atoms with Crippen LogP contribution in [-0.2, 0) is 16.1 Å². The highest BCUT2D eigenvalue weighted by molar-refractivity contribution is 5.88. The van der Waals surface area contributed by atoms with E-state index >= 15 is 0 Å². The molecule has 1 atom stereocenters. The molecule has 0 aliphatic carbocycles. The first kappa shape index (κ1) is 19.8. The van der Waals surface area contributed by atoms with Crippen LogP contribution in [0.1, 0.15) is 17.5 Å². The standard InChI is InChI=1S/C21H27N5O2/c1-16-7-8-22-19(13-16)23-9-10-24-20(27)14-18-21(28)25-11-12-26(18)15-17-5-3-2-4-6-17/h2-8,13,18H,9-12,14-15H2,1H3,(H,22,23)(H,24,27)(H,25,28)/t18-/m0/s1. The average molecular weight is 381 g/mol. The van der Waals surface area contributed by atoms with Gasteiger partial charge in [0.25, 0.3) is 0 Å². The number of amides is 2. The summed E-state index contributed by atoms with van der Waals surface area (Å²) in [6, 6.07) is 13.5. The Balaban J connectivity index is 1.47. The van der Waals surface area contributed by atoms with E-state index in [9.17, 15) is 9.59 Å².